The van der Waals surface area contributed by atoms with E-state index in [0.717, 1.165) is 24.0 Å². The quantitative estimate of drug-likeness (QED) is 0.415. The van der Waals surface area contributed by atoms with E-state index >= 15 is 4.39 Å². The fourth-order valence-corrected chi connectivity index (χ4v) is 5.46. The molecule has 4 aromatic rings. The second-order valence-electron chi connectivity index (χ2n) is 7.95. The number of hydrogen-bond donors (Lipinski definition) is 2. The number of halogens is 3. The Labute approximate surface area is 198 Å². The van der Waals surface area contributed by atoms with Crippen LogP contribution in [0.5, 0.6) is 5.88 Å². The molecule has 2 N–H and O–H groups in total. The molecule has 4 heterocycles. The summed E-state index contributed by atoms with van der Waals surface area (Å²) in [6.45, 7) is 0.245. The van der Waals surface area contributed by atoms with Crippen LogP contribution in [0.15, 0.2) is 48.0 Å². The van der Waals surface area contributed by atoms with Gasteiger partial charge in [0, 0.05) is 42.2 Å². The smallest absolute Gasteiger partial charge is 0.267 e. The van der Waals surface area contributed by atoms with Gasteiger partial charge in [-0.2, -0.15) is 0 Å². The highest BCUT2D eigenvalue weighted by Gasteiger charge is 2.30. The van der Waals surface area contributed by atoms with Gasteiger partial charge in [-0.15, -0.1) is 0 Å². The molecule has 1 atom stereocenters. The fourth-order valence-electron chi connectivity index (χ4n) is 4.27. The van der Waals surface area contributed by atoms with E-state index in [0.29, 0.717) is 30.4 Å². The van der Waals surface area contributed by atoms with Crippen LogP contribution in [-0.4, -0.2) is 40.0 Å². The number of H-pyrrole nitrogens is 1. The lowest BCUT2D eigenvalue weighted by Gasteiger charge is -2.26. The van der Waals surface area contributed by atoms with E-state index in [1.54, 1.807) is 18.7 Å². The van der Waals surface area contributed by atoms with Crippen molar-refractivity contribution >= 4 is 15.7 Å². The Kier molecular flexibility index (Phi) is 5.71. The van der Waals surface area contributed by atoms with Crippen molar-refractivity contribution in [2.75, 3.05) is 11.8 Å². The third-order valence-corrected chi connectivity index (χ3v) is 7.22. The molecule has 0 spiro atoms. The molecule has 35 heavy (non-hydrogen) atoms. The Balaban J connectivity index is 1.46. The standard InChI is InChI=1S/C22H19F3N6O3S/c1-34-22-17(8-13(23)9-28-22)35(32,33)30-15-4-3-14(24)18(19(15)25)12-2-5-16-20(21-26-6-7-27-21)29-11-31(16)10-12/h3-4,6-9,11-12,30H,2,5,10H2,1H3,(H,26,27)/t12-/m0/s1. The third-order valence-electron chi connectivity index (χ3n) is 5.86. The second-order valence-corrected chi connectivity index (χ2v) is 9.61. The van der Waals surface area contributed by atoms with Gasteiger partial charge in [0.05, 0.1) is 25.3 Å². The first-order valence-corrected chi connectivity index (χ1v) is 12.0. The van der Waals surface area contributed by atoms with E-state index in [9.17, 15) is 17.2 Å². The monoisotopic (exact) mass is 504 g/mol. The Morgan fingerprint density at radius 1 is 1.20 bits per heavy atom. The van der Waals surface area contributed by atoms with Gasteiger partial charge < -0.3 is 14.3 Å². The number of sulfonamides is 1. The van der Waals surface area contributed by atoms with Crippen molar-refractivity contribution in [3.8, 4) is 17.4 Å². The molecule has 0 fully saturated rings. The molecular formula is C22H19F3N6O3S. The number of anilines is 1. The van der Waals surface area contributed by atoms with Crippen molar-refractivity contribution in [3.05, 3.63) is 71.8 Å². The zero-order valence-corrected chi connectivity index (χ0v) is 19.1. The number of pyridine rings is 1. The number of rotatable bonds is 6. The Morgan fingerprint density at radius 3 is 2.77 bits per heavy atom. The molecule has 1 aliphatic heterocycles. The van der Waals surface area contributed by atoms with Gasteiger partial charge in [0.2, 0.25) is 5.88 Å². The average molecular weight is 504 g/mol. The predicted octanol–water partition coefficient (Wildman–Crippen LogP) is 3.62. The predicted molar refractivity (Wildman–Crippen MR) is 119 cm³/mol. The highest BCUT2D eigenvalue weighted by molar-refractivity contribution is 7.92. The number of imidazole rings is 2. The summed E-state index contributed by atoms with van der Waals surface area (Å²) in [7, 11) is -3.33. The highest BCUT2D eigenvalue weighted by atomic mass is 32.2. The van der Waals surface area contributed by atoms with Crippen molar-refractivity contribution in [1.29, 1.82) is 0 Å². The van der Waals surface area contributed by atoms with E-state index in [2.05, 4.69) is 24.7 Å². The van der Waals surface area contributed by atoms with Gasteiger partial charge in [-0.05, 0) is 25.0 Å². The molecular weight excluding hydrogens is 485 g/mol. The number of hydrogen-bond acceptors (Lipinski definition) is 6. The summed E-state index contributed by atoms with van der Waals surface area (Å²) in [5, 5.41) is 0. The Hall–Kier alpha value is -3.87. The molecule has 9 nitrogen and oxygen atoms in total. The van der Waals surface area contributed by atoms with Gasteiger partial charge in [-0.1, -0.05) is 0 Å². The van der Waals surface area contributed by atoms with E-state index < -0.39 is 44.0 Å². The second kappa shape index (κ2) is 8.73. The first-order chi connectivity index (χ1) is 16.8. The van der Waals surface area contributed by atoms with Crippen LogP contribution in [-0.2, 0) is 23.0 Å². The van der Waals surface area contributed by atoms with Crippen LogP contribution >= 0.6 is 0 Å². The number of ether oxygens (including phenoxy) is 1. The average Bonchev–Trinajstić information content (AvgIpc) is 3.50. The lowest BCUT2D eigenvalue weighted by atomic mass is 9.89. The normalized spacial score (nSPS) is 15.6. The summed E-state index contributed by atoms with van der Waals surface area (Å²) in [5.74, 6) is -3.09. The summed E-state index contributed by atoms with van der Waals surface area (Å²) in [4.78, 5) is 14.6. The number of aromatic nitrogens is 5. The highest BCUT2D eigenvalue weighted by Crippen LogP contribution is 2.37. The molecule has 0 amide bonds. The van der Waals surface area contributed by atoms with Gasteiger partial charge in [-0.3, -0.25) is 4.72 Å². The summed E-state index contributed by atoms with van der Waals surface area (Å²) < 4.78 is 78.5. The van der Waals surface area contributed by atoms with Crippen molar-refractivity contribution in [3.63, 3.8) is 0 Å². The minimum atomic E-state index is -4.50. The number of aromatic amines is 1. The lowest BCUT2D eigenvalue weighted by molar-refractivity contribution is 0.382. The lowest BCUT2D eigenvalue weighted by Crippen LogP contribution is -2.22. The molecule has 182 valence electrons. The van der Waals surface area contributed by atoms with Gasteiger partial charge in [0.15, 0.2) is 16.5 Å². The van der Waals surface area contributed by atoms with Crippen LogP contribution in [0.25, 0.3) is 11.5 Å². The summed E-state index contributed by atoms with van der Waals surface area (Å²) >= 11 is 0. The molecule has 1 aliphatic rings. The van der Waals surface area contributed by atoms with Crippen molar-refractivity contribution in [2.24, 2.45) is 0 Å². The van der Waals surface area contributed by atoms with Gasteiger partial charge in [0.1, 0.15) is 17.3 Å². The summed E-state index contributed by atoms with van der Waals surface area (Å²) in [5.41, 5.74) is 0.849. The molecule has 0 bridgehead atoms. The molecule has 0 radical (unpaired) electrons. The van der Waals surface area contributed by atoms with Gasteiger partial charge in [0.25, 0.3) is 10.0 Å². The molecule has 1 aromatic carbocycles. The number of fused-ring (bicyclic) bond motifs is 1. The van der Waals surface area contributed by atoms with Crippen LogP contribution in [0.3, 0.4) is 0 Å². The number of benzene rings is 1. The molecule has 0 aliphatic carbocycles. The minimum Gasteiger partial charge on any atom is -0.480 e. The van der Waals surface area contributed by atoms with Gasteiger partial charge >= 0.3 is 0 Å². The Morgan fingerprint density at radius 2 is 2.03 bits per heavy atom. The first-order valence-electron chi connectivity index (χ1n) is 10.5. The first kappa shape index (κ1) is 22.9. The van der Waals surface area contributed by atoms with E-state index in [1.807, 2.05) is 4.57 Å². The maximum Gasteiger partial charge on any atom is 0.267 e. The summed E-state index contributed by atoms with van der Waals surface area (Å²) in [6.07, 6.45) is 6.57. The molecule has 5 rings (SSSR count). The van der Waals surface area contributed by atoms with Crippen LogP contribution in [0.4, 0.5) is 18.9 Å². The van der Waals surface area contributed by atoms with Crippen LogP contribution < -0.4 is 9.46 Å². The Bertz CT molecular complexity index is 1510. The van der Waals surface area contributed by atoms with Crippen molar-refractivity contribution in [2.45, 2.75) is 30.2 Å². The zero-order chi connectivity index (χ0) is 24.7. The topological polar surface area (TPSA) is 115 Å². The zero-order valence-electron chi connectivity index (χ0n) is 18.3. The van der Waals surface area contributed by atoms with Crippen LogP contribution in [0.2, 0.25) is 0 Å². The molecule has 0 saturated carbocycles. The van der Waals surface area contributed by atoms with Crippen molar-refractivity contribution < 1.29 is 26.3 Å². The van der Waals surface area contributed by atoms with Crippen LogP contribution in [0.1, 0.15) is 23.6 Å². The van der Waals surface area contributed by atoms with Gasteiger partial charge in [-0.25, -0.2) is 36.5 Å². The van der Waals surface area contributed by atoms with E-state index in [1.165, 1.54) is 7.11 Å². The summed E-state index contributed by atoms with van der Waals surface area (Å²) in [6, 6.07) is 2.68. The third kappa shape index (κ3) is 4.11. The maximum absolute atomic E-state index is 15.5. The van der Waals surface area contributed by atoms with E-state index in [4.69, 9.17) is 4.74 Å². The largest absolute Gasteiger partial charge is 0.480 e. The van der Waals surface area contributed by atoms with E-state index in [-0.39, 0.29) is 18.0 Å². The number of nitrogens with one attached hydrogen (secondary N) is 2. The number of nitrogens with zero attached hydrogens (tertiary/aromatic N) is 4. The van der Waals surface area contributed by atoms with Crippen LogP contribution in [0, 0.1) is 17.5 Å². The number of methoxy groups -OCH3 is 1. The molecule has 0 unspecified atom stereocenters. The minimum absolute atomic E-state index is 0.242. The maximum atomic E-state index is 15.5. The molecule has 3 aromatic heterocycles. The SMILES string of the molecule is COc1ncc(F)cc1S(=O)(=O)Nc1ccc(F)c([C@H]2CCc3c(-c4ncc[nH]4)ncn3C2)c1F. The molecule has 0 saturated heterocycles. The molecule has 13 heteroatoms. The fraction of sp³-hybridized carbons (Fsp3) is 0.227. The van der Waals surface area contributed by atoms with Crippen molar-refractivity contribution in [1.82, 2.24) is 24.5 Å².